The van der Waals surface area contributed by atoms with Crippen molar-refractivity contribution in [3.05, 3.63) is 95.8 Å². The molecule has 0 radical (unpaired) electrons. The first-order chi connectivity index (χ1) is 19.2. The molecule has 0 amide bonds. The standard InChI is InChI=1S/C32H33N3O3S/c1-37-30-20-23(5-6-25(30)22-34-14-2-3-15-34)19-29-28-12-9-26(36)21-31(28)39-32(29)24-7-10-27(11-8-24)38-18-17-35-16-4-13-33-35/h4-13,16,20-21,36H,2-3,14-15,17-19,22H2,1H3. The lowest BCUT2D eigenvalue weighted by Crippen LogP contribution is -2.18. The van der Waals surface area contributed by atoms with Crippen molar-refractivity contribution in [1.82, 2.24) is 14.7 Å². The minimum atomic E-state index is 0.288. The van der Waals surface area contributed by atoms with E-state index in [1.165, 1.54) is 39.8 Å². The predicted octanol–water partition coefficient (Wildman–Crippen LogP) is 6.74. The zero-order chi connectivity index (χ0) is 26.6. The molecule has 6 nitrogen and oxygen atoms in total. The maximum Gasteiger partial charge on any atom is 0.123 e. The number of phenols is 1. The first-order valence-corrected chi connectivity index (χ1v) is 14.3. The van der Waals surface area contributed by atoms with Crippen LogP contribution in [0.3, 0.4) is 0 Å². The van der Waals surface area contributed by atoms with Crippen molar-refractivity contribution in [2.75, 3.05) is 26.8 Å². The number of likely N-dealkylation sites (tertiary alicyclic amines) is 1. The van der Waals surface area contributed by atoms with Gasteiger partial charge in [0.05, 0.1) is 13.7 Å². The number of rotatable bonds is 10. The highest BCUT2D eigenvalue weighted by Crippen LogP contribution is 2.42. The van der Waals surface area contributed by atoms with Crippen molar-refractivity contribution >= 4 is 21.4 Å². The van der Waals surface area contributed by atoms with Crippen LogP contribution in [0.25, 0.3) is 20.5 Å². The highest BCUT2D eigenvalue weighted by Gasteiger charge is 2.18. The zero-order valence-corrected chi connectivity index (χ0v) is 23.0. The Hall–Kier alpha value is -3.81. The van der Waals surface area contributed by atoms with Crippen molar-refractivity contribution in [3.63, 3.8) is 0 Å². The third kappa shape index (κ3) is 5.79. The summed E-state index contributed by atoms with van der Waals surface area (Å²) >= 11 is 1.72. The second-order valence-corrected chi connectivity index (χ2v) is 11.1. The lowest BCUT2D eigenvalue weighted by molar-refractivity contribution is 0.291. The monoisotopic (exact) mass is 539 g/mol. The number of aromatic nitrogens is 2. The Morgan fingerprint density at radius 3 is 2.62 bits per heavy atom. The smallest absolute Gasteiger partial charge is 0.123 e. The van der Waals surface area contributed by atoms with E-state index in [0.717, 1.165) is 47.8 Å². The molecule has 39 heavy (non-hydrogen) atoms. The summed E-state index contributed by atoms with van der Waals surface area (Å²) in [5, 5.41) is 15.6. The summed E-state index contributed by atoms with van der Waals surface area (Å²) in [6, 6.07) is 22.5. The third-order valence-corrected chi connectivity index (χ3v) is 8.61. The number of thiophene rings is 1. The van der Waals surface area contributed by atoms with E-state index in [4.69, 9.17) is 9.47 Å². The Morgan fingerprint density at radius 2 is 1.85 bits per heavy atom. The van der Waals surface area contributed by atoms with E-state index in [2.05, 4.69) is 40.3 Å². The van der Waals surface area contributed by atoms with Crippen LogP contribution < -0.4 is 9.47 Å². The molecular weight excluding hydrogens is 506 g/mol. The number of methoxy groups -OCH3 is 1. The Labute approximate surface area is 233 Å². The van der Waals surface area contributed by atoms with E-state index < -0.39 is 0 Å². The molecule has 1 saturated heterocycles. The van der Waals surface area contributed by atoms with Crippen LogP contribution in [-0.2, 0) is 19.5 Å². The van der Waals surface area contributed by atoms with E-state index >= 15 is 0 Å². The molecule has 1 aliphatic heterocycles. The van der Waals surface area contributed by atoms with Crippen LogP contribution in [0, 0.1) is 0 Å². The van der Waals surface area contributed by atoms with Crippen molar-refractivity contribution in [1.29, 1.82) is 0 Å². The van der Waals surface area contributed by atoms with E-state index in [1.807, 2.05) is 41.2 Å². The van der Waals surface area contributed by atoms with Gasteiger partial charge in [0, 0.05) is 34.1 Å². The van der Waals surface area contributed by atoms with Gasteiger partial charge in [-0.3, -0.25) is 9.58 Å². The minimum absolute atomic E-state index is 0.288. The average Bonchev–Trinajstić information content (AvgIpc) is 3.72. The molecule has 1 fully saturated rings. The number of fused-ring (bicyclic) bond motifs is 1. The Kier molecular flexibility index (Phi) is 7.52. The third-order valence-electron chi connectivity index (χ3n) is 7.37. The number of hydrogen-bond acceptors (Lipinski definition) is 6. The normalized spacial score (nSPS) is 13.8. The molecule has 7 heteroatoms. The average molecular weight is 540 g/mol. The van der Waals surface area contributed by atoms with Gasteiger partial charge in [0.15, 0.2) is 0 Å². The molecule has 3 aromatic carbocycles. The van der Waals surface area contributed by atoms with Gasteiger partial charge in [-0.25, -0.2) is 0 Å². The van der Waals surface area contributed by atoms with Gasteiger partial charge in [-0.2, -0.15) is 5.10 Å². The molecular formula is C32H33N3O3S. The van der Waals surface area contributed by atoms with Gasteiger partial charge in [0.25, 0.3) is 0 Å². The molecule has 6 rings (SSSR count). The fourth-order valence-corrected chi connectivity index (χ4v) is 6.61. The van der Waals surface area contributed by atoms with Crippen LogP contribution in [0.1, 0.15) is 29.5 Å². The fourth-order valence-electron chi connectivity index (χ4n) is 5.35. The SMILES string of the molecule is COc1cc(Cc2c(-c3ccc(OCCn4cccn4)cc3)sc3cc(O)ccc23)ccc1CN1CCCC1. The van der Waals surface area contributed by atoms with Gasteiger partial charge in [0.1, 0.15) is 23.9 Å². The molecule has 0 bridgehead atoms. The summed E-state index contributed by atoms with van der Waals surface area (Å²) in [6.45, 7) is 4.53. The molecule has 1 aliphatic rings. The summed E-state index contributed by atoms with van der Waals surface area (Å²) in [4.78, 5) is 3.71. The van der Waals surface area contributed by atoms with E-state index in [1.54, 1.807) is 30.7 Å². The second kappa shape index (κ2) is 11.5. The summed E-state index contributed by atoms with van der Waals surface area (Å²) in [5.41, 5.74) is 4.86. The van der Waals surface area contributed by atoms with Crippen LogP contribution in [0.5, 0.6) is 17.2 Å². The van der Waals surface area contributed by atoms with Crippen molar-refractivity contribution in [3.8, 4) is 27.7 Å². The molecule has 2 aromatic heterocycles. The largest absolute Gasteiger partial charge is 0.508 e. The predicted molar refractivity (Wildman–Crippen MR) is 157 cm³/mol. The van der Waals surface area contributed by atoms with Crippen LogP contribution in [0.2, 0.25) is 0 Å². The number of phenolic OH excluding ortho intramolecular Hbond substituents is 1. The second-order valence-electron chi connectivity index (χ2n) is 10.0. The molecule has 0 aliphatic carbocycles. The number of benzene rings is 3. The van der Waals surface area contributed by atoms with Crippen molar-refractivity contribution < 1.29 is 14.6 Å². The molecule has 3 heterocycles. The summed E-state index contributed by atoms with van der Waals surface area (Å²) in [7, 11) is 1.76. The molecule has 200 valence electrons. The van der Waals surface area contributed by atoms with Gasteiger partial charge in [-0.15, -0.1) is 11.3 Å². The minimum Gasteiger partial charge on any atom is -0.508 e. The van der Waals surface area contributed by atoms with Crippen LogP contribution >= 0.6 is 11.3 Å². The number of nitrogens with zero attached hydrogens (tertiary/aromatic N) is 3. The van der Waals surface area contributed by atoms with E-state index in [-0.39, 0.29) is 5.75 Å². The molecule has 0 saturated carbocycles. The number of aromatic hydroxyl groups is 1. The number of hydrogen-bond donors (Lipinski definition) is 1. The van der Waals surface area contributed by atoms with Gasteiger partial charge in [0.2, 0.25) is 0 Å². The van der Waals surface area contributed by atoms with Crippen LogP contribution in [0.4, 0.5) is 0 Å². The van der Waals surface area contributed by atoms with E-state index in [0.29, 0.717) is 13.2 Å². The van der Waals surface area contributed by atoms with Crippen LogP contribution in [-0.4, -0.2) is 46.6 Å². The summed E-state index contributed by atoms with van der Waals surface area (Å²) in [5.74, 6) is 2.08. The molecule has 5 aromatic rings. The Bertz CT molecular complexity index is 1540. The van der Waals surface area contributed by atoms with Crippen LogP contribution in [0.15, 0.2) is 79.1 Å². The number of ether oxygens (including phenoxy) is 2. The van der Waals surface area contributed by atoms with Gasteiger partial charge >= 0.3 is 0 Å². The first-order valence-electron chi connectivity index (χ1n) is 13.5. The molecule has 0 spiro atoms. The Morgan fingerprint density at radius 1 is 1.00 bits per heavy atom. The fraction of sp³-hybridized carbons (Fsp3) is 0.281. The summed E-state index contributed by atoms with van der Waals surface area (Å²) < 4.78 is 14.7. The lowest BCUT2D eigenvalue weighted by atomic mass is 9.97. The van der Waals surface area contributed by atoms with E-state index in [9.17, 15) is 5.11 Å². The topological polar surface area (TPSA) is 59.8 Å². The van der Waals surface area contributed by atoms with Gasteiger partial charge < -0.3 is 14.6 Å². The lowest BCUT2D eigenvalue weighted by Gasteiger charge is -2.18. The Balaban J connectivity index is 1.26. The summed E-state index contributed by atoms with van der Waals surface area (Å²) in [6.07, 6.45) is 7.05. The molecule has 1 N–H and O–H groups in total. The highest BCUT2D eigenvalue weighted by molar-refractivity contribution is 7.22. The van der Waals surface area contributed by atoms with Crippen molar-refractivity contribution in [2.24, 2.45) is 0 Å². The highest BCUT2D eigenvalue weighted by atomic mass is 32.1. The van der Waals surface area contributed by atoms with Gasteiger partial charge in [-0.1, -0.05) is 12.1 Å². The maximum atomic E-state index is 10.2. The van der Waals surface area contributed by atoms with Crippen molar-refractivity contribution in [2.45, 2.75) is 32.4 Å². The van der Waals surface area contributed by atoms with Gasteiger partial charge in [-0.05, 0) is 109 Å². The first kappa shape index (κ1) is 25.5. The molecule has 0 unspecified atom stereocenters. The quantitative estimate of drug-likeness (QED) is 0.213. The maximum absolute atomic E-state index is 10.2. The zero-order valence-electron chi connectivity index (χ0n) is 22.2. The molecule has 0 atom stereocenters.